The van der Waals surface area contributed by atoms with Crippen molar-refractivity contribution in [3.8, 4) is 0 Å². The Kier molecular flexibility index (Phi) is 4.36. The molecule has 2 rings (SSSR count). The second-order valence-electron chi connectivity index (χ2n) is 4.61. The predicted molar refractivity (Wildman–Crippen MR) is 84.4 cm³/mol. The maximum absolute atomic E-state index is 13.6. The fourth-order valence-electron chi connectivity index (χ4n) is 2.24. The molecule has 0 bridgehead atoms. The monoisotopic (exact) mass is 284 g/mol. The van der Waals surface area contributed by atoms with E-state index in [2.05, 4.69) is 6.58 Å². The summed E-state index contributed by atoms with van der Waals surface area (Å²) in [7, 11) is -3.01. The molecule has 1 atom stereocenters. The first-order valence-corrected chi connectivity index (χ1v) is 8.25. The standard InChI is InChI=1S/C17H17O2P/c1-3-17(18)14(2)20(19,15-10-6-4-7-11-15)16-12-8-5-9-13-16/h3-14H,1H2,2H3. The normalized spacial score (nSPS) is 12.7. The van der Waals surface area contributed by atoms with Crippen molar-refractivity contribution < 1.29 is 9.36 Å². The molecule has 0 radical (unpaired) electrons. The highest BCUT2D eigenvalue weighted by atomic mass is 31.2. The van der Waals surface area contributed by atoms with Gasteiger partial charge in [-0.05, 0) is 13.0 Å². The van der Waals surface area contributed by atoms with Crippen molar-refractivity contribution in [2.45, 2.75) is 12.6 Å². The van der Waals surface area contributed by atoms with Gasteiger partial charge in [-0.3, -0.25) is 4.79 Å². The predicted octanol–water partition coefficient (Wildman–Crippen LogP) is 3.14. The molecule has 0 saturated carbocycles. The van der Waals surface area contributed by atoms with Crippen molar-refractivity contribution in [2.24, 2.45) is 0 Å². The van der Waals surface area contributed by atoms with Gasteiger partial charge in [0.05, 0.1) is 5.66 Å². The van der Waals surface area contributed by atoms with Gasteiger partial charge in [0.1, 0.15) is 0 Å². The molecule has 0 spiro atoms. The molecule has 0 amide bonds. The first-order valence-electron chi connectivity index (χ1n) is 6.48. The van der Waals surface area contributed by atoms with Crippen LogP contribution >= 0.6 is 7.14 Å². The summed E-state index contributed by atoms with van der Waals surface area (Å²) in [6.07, 6.45) is 1.25. The van der Waals surface area contributed by atoms with Crippen molar-refractivity contribution in [3.63, 3.8) is 0 Å². The Bertz CT molecular complexity index is 604. The van der Waals surface area contributed by atoms with Gasteiger partial charge in [-0.25, -0.2) is 0 Å². The minimum atomic E-state index is -3.01. The number of hydrogen-bond acceptors (Lipinski definition) is 2. The number of hydrogen-bond donors (Lipinski definition) is 0. The summed E-state index contributed by atoms with van der Waals surface area (Å²) in [5.74, 6) is -0.193. The van der Waals surface area contributed by atoms with E-state index in [0.717, 1.165) is 0 Å². The fourth-order valence-corrected chi connectivity index (χ4v) is 5.13. The van der Waals surface area contributed by atoms with E-state index < -0.39 is 12.8 Å². The molecule has 3 heteroatoms. The van der Waals surface area contributed by atoms with Gasteiger partial charge in [-0.15, -0.1) is 0 Å². The van der Waals surface area contributed by atoms with Crippen molar-refractivity contribution in [3.05, 3.63) is 73.3 Å². The minimum Gasteiger partial charge on any atom is -0.313 e. The first-order chi connectivity index (χ1) is 9.60. The number of carbonyl (C=O) groups excluding carboxylic acids is 1. The molecule has 0 N–H and O–H groups in total. The summed E-state index contributed by atoms with van der Waals surface area (Å²) in [6, 6.07) is 18.4. The van der Waals surface area contributed by atoms with Crippen LogP contribution in [-0.2, 0) is 9.36 Å². The molecule has 0 aromatic heterocycles. The number of ketones is 1. The fraction of sp³-hybridized carbons (Fsp3) is 0.118. The lowest BCUT2D eigenvalue weighted by molar-refractivity contribution is -0.114. The van der Waals surface area contributed by atoms with Gasteiger partial charge < -0.3 is 4.57 Å². The summed E-state index contributed by atoms with van der Waals surface area (Å²) < 4.78 is 13.6. The van der Waals surface area contributed by atoms with Crippen LogP contribution in [-0.4, -0.2) is 11.4 Å². The van der Waals surface area contributed by atoms with Crippen LogP contribution in [0.1, 0.15) is 6.92 Å². The third kappa shape index (κ3) is 2.52. The Balaban J connectivity index is 2.64. The van der Waals surface area contributed by atoms with E-state index in [-0.39, 0.29) is 5.78 Å². The highest BCUT2D eigenvalue weighted by molar-refractivity contribution is 7.80. The Morgan fingerprint density at radius 1 is 1.00 bits per heavy atom. The highest BCUT2D eigenvalue weighted by Crippen LogP contribution is 2.48. The molecule has 20 heavy (non-hydrogen) atoms. The van der Waals surface area contributed by atoms with Crippen LogP contribution in [0.4, 0.5) is 0 Å². The van der Waals surface area contributed by atoms with E-state index >= 15 is 0 Å². The van der Waals surface area contributed by atoms with Gasteiger partial charge in [-0.1, -0.05) is 67.2 Å². The highest BCUT2D eigenvalue weighted by Gasteiger charge is 2.36. The van der Waals surface area contributed by atoms with Crippen LogP contribution in [0.25, 0.3) is 0 Å². The van der Waals surface area contributed by atoms with E-state index in [9.17, 15) is 9.36 Å². The molecule has 102 valence electrons. The van der Waals surface area contributed by atoms with Gasteiger partial charge in [0.15, 0.2) is 12.9 Å². The number of allylic oxidation sites excluding steroid dienone is 1. The molecule has 1 unspecified atom stereocenters. The van der Waals surface area contributed by atoms with Gasteiger partial charge >= 0.3 is 0 Å². The second-order valence-corrected chi connectivity index (χ2v) is 7.73. The SMILES string of the molecule is C=CC(=O)C(C)P(=O)(c1ccccc1)c1ccccc1. The van der Waals surface area contributed by atoms with E-state index in [4.69, 9.17) is 0 Å². The van der Waals surface area contributed by atoms with E-state index in [1.54, 1.807) is 6.92 Å². The zero-order valence-electron chi connectivity index (χ0n) is 11.4. The average molecular weight is 284 g/mol. The molecule has 0 aliphatic heterocycles. The Morgan fingerprint density at radius 3 is 1.75 bits per heavy atom. The van der Waals surface area contributed by atoms with Crippen LogP contribution in [0.2, 0.25) is 0 Å². The molecule has 2 nitrogen and oxygen atoms in total. The summed E-state index contributed by atoms with van der Waals surface area (Å²) in [5, 5.41) is 1.41. The van der Waals surface area contributed by atoms with Crippen LogP contribution in [0.5, 0.6) is 0 Å². The molecule has 2 aromatic carbocycles. The van der Waals surface area contributed by atoms with Gasteiger partial charge in [0.25, 0.3) is 0 Å². The van der Waals surface area contributed by atoms with Crippen molar-refractivity contribution in [1.82, 2.24) is 0 Å². The van der Waals surface area contributed by atoms with Crippen LogP contribution in [0.3, 0.4) is 0 Å². The maximum Gasteiger partial charge on any atom is 0.165 e. The largest absolute Gasteiger partial charge is 0.313 e. The molecule has 0 fully saturated rings. The second kappa shape index (κ2) is 6.02. The molecule has 0 saturated heterocycles. The summed E-state index contributed by atoms with van der Waals surface area (Å²) >= 11 is 0. The first kappa shape index (κ1) is 14.5. The van der Waals surface area contributed by atoms with Crippen LogP contribution < -0.4 is 10.6 Å². The third-order valence-corrected chi connectivity index (χ3v) is 6.91. The Labute approximate surface area is 119 Å². The lowest BCUT2D eigenvalue weighted by atomic mass is 10.3. The Hall–Kier alpha value is -1.92. The summed E-state index contributed by atoms with van der Waals surface area (Å²) in [5.41, 5.74) is -0.607. The molecular formula is C17H17O2P. The minimum absolute atomic E-state index is 0.193. The number of rotatable bonds is 5. The van der Waals surface area contributed by atoms with Crippen molar-refractivity contribution in [1.29, 1.82) is 0 Å². The maximum atomic E-state index is 13.6. The Morgan fingerprint density at radius 2 is 1.40 bits per heavy atom. The van der Waals surface area contributed by atoms with Gasteiger partial charge in [0, 0.05) is 10.6 Å². The van der Waals surface area contributed by atoms with E-state index in [0.29, 0.717) is 10.6 Å². The lowest BCUT2D eigenvalue weighted by Crippen LogP contribution is -2.28. The zero-order chi connectivity index (χ0) is 14.6. The summed E-state index contributed by atoms with van der Waals surface area (Å²) in [6.45, 7) is 5.22. The molecule has 0 aliphatic carbocycles. The topological polar surface area (TPSA) is 34.1 Å². The molecular weight excluding hydrogens is 267 g/mol. The smallest absolute Gasteiger partial charge is 0.165 e. The summed E-state index contributed by atoms with van der Waals surface area (Å²) in [4.78, 5) is 12.0. The quantitative estimate of drug-likeness (QED) is 0.624. The van der Waals surface area contributed by atoms with E-state index in [1.807, 2.05) is 60.7 Å². The molecule has 0 aliphatic rings. The zero-order valence-corrected chi connectivity index (χ0v) is 12.3. The van der Waals surface area contributed by atoms with Gasteiger partial charge in [0.2, 0.25) is 0 Å². The lowest BCUT2D eigenvalue weighted by Gasteiger charge is -2.24. The van der Waals surface area contributed by atoms with Gasteiger partial charge in [-0.2, -0.15) is 0 Å². The van der Waals surface area contributed by atoms with Crippen LogP contribution in [0, 0.1) is 0 Å². The average Bonchev–Trinajstić information content (AvgIpc) is 2.54. The van der Waals surface area contributed by atoms with Crippen molar-refractivity contribution >= 4 is 23.5 Å². The van der Waals surface area contributed by atoms with Crippen molar-refractivity contribution in [2.75, 3.05) is 0 Å². The van der Waals surface area contributed by atoms with E-state index in [1.165, 1.54) is 6.08 Å². The number of benzene rings is 2. The third-order valence-electron chi connectivity index (χ3n) is 3.44. The van der Waals surface area contributed by atoms with Crippen LogP contribution in [0.15, 0.2) is 73.3 Å². The molecule has 2 aromatic rings. The molecule has 0 heterocycles. The number of carbonyl (C=O) groups is 1.